The number of benzene rings is 3. The predicted molar refractivity (Wildman–Crippen MR) is 138 cm³/mol. The van der Waals surface area contributed by atoms with Gasteiger partial charge >= 0.3 is 0 Å². The Morgan fingerprint density at radius 1 is 1.11 bits per heavy atom. The Hall–Kier alpha value is -4.07. The van der Waals surface area contributed by atoms with Gasteiger partial charge in [-0.25, -0.2) is 8.42 Å². The molecule has 2 heterocycles. The van der Waals surface area contributed by atoms with Crippen LogP contribution in [0.25, 0.3) is 10.2 Å². The number of amides is 1. The molecule has 5 rings (SSSR count). The number of hydrogen-bond acceptors (Lipinski definition) is 6. The van der Waals surface area contributed by atoms with Crippen molar-refractivity contribution in [2.24, 2.45) is 4.99 Å². The summed E-state index contributed by atoms with van der Waals surface area (Å²) in [5.74, 6) is 3.32. The highest BCUT2D eigenvalue weighted by Crippen LogP contribution is 2.35. The van der Waals surface area contributed by atoms with Crippen molar-refractivity contribution in [3.8, 4) is 23.8 Å². The van der Waals surface area contributed by atoms with E-state index in [1.54, 1.807) is 34.9 Å². The fourth-order valence-electron chi connectivity index (χ4n) is 3.73. The third-order valence-electron chi connectivity index (χ3n) is 5.49. The van der Waals surface area contributed by atoms with Crippen molar-refractivity contribution in [2.75, 3.05) is 17.9 Å². The van der Waals surface area contributed by atoms with Gasteiger partial charge in [-0.2, -0.15) is 4.99 Å². The normalized spacial score (nSPS) is 13.4. The van der Waals surface area contributed by atoms with E-state index in [4.69, 9.17) is 15.9 Å². The Morgan fingerprint density at radius 3 is 2.56 bits per heavy atom. The number of sulfonamides is 1. The molecule has 1 N–H and O–H groups in total. The number of terminal acetylenes is 1. The van der Waals surface area contributed by atoms with Crippen molar-refractivity contribution in [1.82, 2.24) is 4.57 Å². The zero-order valence-corrected chi connectivity index (χ0v) is 20.9. The Balaban J connectivity index is 1.48. The fraction of sp³-hybridized carbons (Fsp3) is 0.154. The topological polar surface area (TPSA) is 99.0 Å². The van der Waals surface area contributed by atoms with Gasteiger partial charge in [-0.3, -0.25) is 9.52 Å². The molecule has 1 aromatic heterocycles. The van der Waals surface area contributed by atoms with Crippen molar-refractivity contribution < 1.29 is 22.7 Å². The zero-order valence-electron chi connectivity index (χ0n) is 19.2. The van der Waals surface area contributed by atoms with Crippen LogP contribution in [0.3, 0.4) is 0 Å². The zero-order chi connectivity index (χ0) is 25.3. The van der Waals surface area contributed by atoms with E-state index in [1.165, 1.54) is 29.5 Å². The lowest BCUT2D eigenvalue weighted by Gasteiger charge is -2.18. The lowest BCUT2D eigenvalue weighted by Crippen LogP contribution is -2.17. The van der Waals surface area contributed by atoms with Gasteiger partial charge in [0.15, 0.2) is 16.3 Å². The second kappa shape index (κ2) is 9.53. The SMILES string of the molecule is C#CCn1c(=NC(=O)c2cccc(NS(=O)(=O)c3ccc(C)cc3)c2)sc2cc3c(cc21)OCCO3. The van der Waals surface area contributed by atoms with E-state index in [2.05, 4.69) is 15.6 Å². The number of thiazole rings is 1. The highest BCUT2D eigenvalue weighted by Gasteiger charge is 2.18. The Kier molecular flexibility index (Phi) is 6.26. The number of fused-ring (bicyclic) bond motifs is 2. The molecule has 4 aromatic rings. The first-order valence-corrected chi connectivity index (χ1v) is 13.3. The van der Waals surface area contributed by atoms with Crippen molar-refractivity contribution in [2.45, 2.75) is 18.4 Å². The average molecular weight is 520 g/mol. The maximum absolute atomic E-state index is 13.1. The number of hydrogen-bond donors (Lipinski definition) is 1. The fourth-order valence-corrected chi connectivity index (χ4v) is 5.82. The number of nitrogens with zero attached hydrogens (tertiary/aromatic N) is 2. The standard InChI is InChI=1S/C26H21N3O5S2/c1-3-11-29-21-15-22-23(34-13-12-33-22)16-24(21)35-26(29)27-25(30)18-5-4-6-19(14-18)28-36(31,32)20-9-7-17(2)8-10-20/h1,4-10,14-16,28H,11-13H2,2H3. The molecule has 8 nitrogen and oxygen atoms in total. The number of ether oxygens (including phenoxy) is 2. The number of nitrogens with one attached hydrogen (secondary N) is 1. The molecule has 0 aliphatic carbocycles. The van der Waals surface area contributed by atoms with E-state index in [0.29, 0.717) is 29.5 Å². The molecular weight excluding hydrogens is 498 g/mol. The van der Waals surface area contributed by atoms with Gasteiger partial charge < -0.3 is 14.0 Å². The molecule has 1 aliphatic rings. The van der Waals surface area contributed by atoms with E-state index in [-0.39, 0.29) is 22.7 Å². The number of aromatic nitrogens is 1. The lowest BCUT2D eigenvalue weighted by atomic mass is 10.2. The molecule has 0 bridgehead atoms. The largest absolute Gasteiger partial charge is 0.486 e. The van der Waals surface area contributed by atoms with E-state index in [1.807, 2.05) is 19.1 Å². The number of rotatable bonds is 5. The molecule has 0 unspecified atom stereocenters. The van der Waals surface area contributed by atoms with Gasteiger partial charge in [-0.1, -0.05) is 41.0 Å². The molecule has 182 valence electrons. The summed E-state index contributed by atoms with van der Waals surface area (Å²) >= 11 is 1.31. The second-order valence-corrected chi connectivity index (χ2v) is 10.7. The van der Waals surface area contributed by atoms with Gasteiger partial charge in [-0.15, -0.1) is 6.42 Å². The monoisotopic (exact) mass is 519 g/mol. The average Bonchev–Trinajstić information content (AvgIpc) is 3.18. The molecule has 0 atom stereocenters. The minimum Gasteiger partial charge on any atom is -0.486 e. The highest BCUT2D eigenvalue weighted by molar-refractivity contribution is 7.92. The third-order valence-corrected chi connectivity index (χ3v) is 7.92. The van der Waals surface area contributed by atoms with Crippen molar-refractivity contribution in [3.63, 3.8) is 0 Å². The summed E-state index contributed by atoms with van der Waals surface area (Å²) in [7, 11) is -3.81. The first-order valence-electron chi connectivity index (χ1n) is 11.0. The summed E-state index contributed by atoms with van der Waals surface area (Å²) in [5.41, 5.74) is 2.22. The lowest BCUT2D eigenvalue weighted by molar-refractivity contribution is 0.0998. The van der Waals surface area contributed by atoms with Crippen LogP contribution in [0, 0.1) is 19.3 Å². The third kappa shape index (κ3) is 4.71. The van der Waals surface area contributed by atoms with Crippen LogP contribution in [0.15, 0.2) is 70.6 Å². The van der Waals surface area contributed by atoms with Crippen molar-refractivity contribution in [1.29, 1.82) is 0 Å². The van der Waals surface area contributed by atoms with Crippen LogP contribution in [0.4, 0.5) is 5.69 Å². The van der Waals surface area contributed by atoms with Gasteiger partial charge in [0.1, 0.15) is 13.2 Å². The molecule has 10 heteroatoms. The minimum absolute atomic E-state index is 0.130. The summed E-state index contributed by atoms with van der Waals surface area (Å²) in [6.07, 6.45) is 5.58. The molecular formula is C26H21N3O5S2. The van der Waals surface area contributed by atoms with Crippen LogP contribution in [-0.2, 0) is 16.6 Å². The van der Waals surface area contributed by atoms with E-state index in [9.17, 15) is 13.2 Å². The van der Waals surface area contributed by atoms with E-state index in [0.717, 1.165) is 15.8 Å². The molecule has 1 amide bonds. The smallest absolute Gasteiger partial charge is 0.279 e. The van der Waals surface area contributed by atoms with Crippen LogP contribution in [0.2, 0.25) is 0 Å². The van der Waals surface area contributed by atoms with Crippen LogP contribution < -0.4 is 19.0 Å². The molecule has 0 spiro atoms. The molecule has 0 radical (unpaired) electrons. The summed E-state index contributed by atoms with van der Waals surface area (Å²) in [6, 6.07) is 16.4. The number of anilines is 1. The summed E-state index contributed by atoms with van der Waals surface area (Å²) in [6.45, 7) is 3.01. The Labute approximate surface area is 211 Å². The molecule has 3 aromatic carbocycles. The number of carbonyl (C=O) groups excluding carboxylic acids is 1. The van der Waals surface area contributed by atoms with Gasteiger partial charge in [0.25, 0.3) is 15.9 Å². The Morgan fingerprint density at radius 2 is 1.83 bits per heavy atom. The maximum Gasteiger partial charge on any atom is 0.279 e. The summed E-state index contributed by atoms with van der Waals surface area (Å²) in [5, 5.41) is 0. The highest BCUT2D eigenvalue weighted by atomic mass is 32.2. The second-order valence-electron chi connectivity index (χ2n) is 8.05. The number of aryl methyl sites for hydroxylation is 1. The molecule has 36 heavy (non-hydrogen) atoms. The van der Waals surface area contributed by atoms with Crippen LogP contribution in [0.5, 0.6) is 11.5 Å². The van der Waals surface area contributed by atoms with Gasteiger partial charge in [0, 0.05) is 23.4 Å². The van der Waals surface area contributed by atoms with E-state index >= 15 is 0 Å². The number of carbonyl (C=O) groups is 1. The van der Waals surface area contributed by atoms with Crippen LogP contribution in [-0.4, -0.2) is 32.1 Å². The van der Waals surface area contributed by atoms with Crippen LogP contribution in [0.1, 0.15) is 15.9 Å². The first-order chi connectivity index (χ1) is 17.3. The van der Waals surface area contributed by atoms with Gasteiger partial charge in [0.2, 0.25) is 0 Å². The summed E-state index contributed by atoms with van der Waals surface area (Å²) < 4.78 is 42.0. The Bertz CT molecular complexity index is 1690. The van der Waals surface area contributed by atoms with Gasteiger partial charge in [0.05, 0.1) is 21.7 Å². The van der Waals surface area contributed by atoms with Crippen molar-refractivity contribution in [3.05, 3.63) is 76.6 Å². The predicted octanol–water partition coefficient (Wildman–Crippen LogP) is 3.96. The van der Waals surface area contributed by atoms with Crippen molar-refractivity contribution >= 4 is 43.2 Å². The molecule has 0 fully saturated rings. The quantitative estimate of drug-likeness (QED) is 0.403. The van der Waals surface area contributed by atoms with E-state index < -0.39 is 15.9 Å². The molecule has 0 saturated carbocycles. The van der Waals surface area contributed by atoms with Crippen LogP contribution >= 0.6 is 11.3 Å². The summed E-state index contributed by atoms with van der Waals surface area (Å²) in [4.78, 5) is 17.9. The van der Waals surface area contributed by atoms with Gasteiger partial charge in [-0.05, 0) is 37.3 Å². The molecule has 0 saturated heterocycles. The maximum atomic E-state index is 13.1. The first kappa shape index (κ1) is 23.7. The minimum atomic E-state index is -3.81. The molecule has 1 aliphatic heterocycles.